The van der Waals surface area contributed by atoms with Crippen LogP contribution in [0.4, 0.5) is 5.13 Å². The number of rotatable bonds is 8. The van der Waals surface area contributed by atoms with Crippen molar-refractivity contribution in [2.24, 2.45) is 0 Å². The number of carbonyl (C=O) groups is 2. The summed E-state index contributed by atoms with van der Waals surface area (Å²) in [5, 5.41) is 1.28. The third kappa shape index (κ3) is 6.02. The number of halogens is 2. The molecular weight excluding hydrogens is 489 g/mol. The normalized spacial score (nSPS) is 10.8. The van der Waals surface area contributed by atoms with Crippen LogP contribution in [-0.2, 0) is 0 Å². The van der Waals surface area contributed by atoms with Gasteiger partial charge in [-0.05, 0) is 57.4 Å². The summed E-state index contributed by atoms with van der Waals surface area (Å²) in [6, 6.07) is 21.5. The molecule has 176 valence electrons. The van der Waals surface area contributed by atoms with Gasteiger partial charge in [-0.25, -0.2) is 4.98 Å². The predicted molar refractivity (Wildman–Crippen MR) is 143 cm³/mol. The first-order chi connectivity index (χ1) is 15.9. The zero-order chi connectivity index (χ0) is 23.4. The Bertz CT molecular complexity index is 1270. The van der Waals surface area contributed by atoms with Crippen LogP contribution in [0, 0.1) is 0 Å². The quantitative estimate of drug-likeness (QED) is 0.263. The Morgan fingerprint density at radius 3 is 2.21 bits per heavy atom. The molecule has 4 aromatic rings. The number of nitrogens with zero attached hydrogens (tertiary/aromatic N) is 3. The summed E-state index contributed by atoms with van der Waals surface area (Å²) in [6.45, 7) is 1.39. The van der Waals surface area contributed by atoms with E-state index in [1.165, 1.54) is 11.3 Å². The Morgan fingerprint density at radius 2 is 1.53 bits per heavy atom. The fraction of sp³-hybridized carbons (Fsp3) is 0.192. The third-order valence-corrected chi connectivity index (χ3v) is 6.51. The molecule has 0 radical (unpaired) electrons. The summed E-state index contributed by atoms with van der Waals surface area (Å²) in [4.78, 5) is 34.7. The first-order valence-corrected chi connectivity index (χ1v) is 11.8. The molecule has 34 heavy (non-hydrogen) atoms. The Hall–Kier alpha value is -2.77. The van der Waals surface area contributed by atoms with E-state index in [1.54, 1.807) is 47.4 Å². The molecule has 0 aliphatic rings. The van der Waals surface area contributed by atoms with Crippen molar-refractivity contribution >= 4 is 62.4 Å². The van der Waals surface area contributed by atoms with Gasteiger partial charge >= 0.3 is 0 Å². The van der Waals surface area contributed by atoms with E-state index in [4.69, 9.17) is 11.6 Å². The highest BCUT2D eigenvalue weighted by molar-refractivity contribution is 7.22. The number of hydrogen-bond donors (Lipinski definition) is 0. The molecule has 0 unspecified atom stereocenters. The van der Waals surface area contributed by atoms with Crippen molar-refractivity contribution in [2.75, 3.05) is 32.1 Å². The zero-order valence-electron chi connectivity index (χ0n) is 18.9. The van der Waals surface area contributed by atoms with Crippen LogP contribution < -0.4 is 4.90 Å². The standard InChI is InChI=1S/C26H24ClN3O2S.ClH/c1-29(2)15-6-16-30(26-28-22-14-13-21(27)17-23(22)33-26)25(32)20-11-9-19(10-12-20)24(31)18-7-4-3-5-8-18;/h3-5,7-14,17H,6,15-16H2,1-2H3;1H. The molecule has 1 heterocycles. The number of hydrogen-bond acceptors (Lipinski definition) is 5. The third-order valence-electron chi connectivity index (χ3n) is 5.23. The summed E-state index contributed by atoms with van der Waals surface area (Å²) in [7, 11) is 4.02. The topological polar surface area (TPSA) is 53.5 Å². The van der Waals surface area contributed by atoms with Crippen LogP contribution in [-0.4, -0.2) is 48.8 Å². The van der Waals surface area contributed by atoms with Crippen molar-refractivity contribution < 1.29 is 9.59 Å². The maximum absolute atomic E-state index is 13.5. The lowest BCUT2D eigenvalue weighted by Crippen LogP contribution is -2.33. The molecule has 0 bridgehead atoms. The van der Waals surface area contributed by atoms with Gasteiger partial charge in [0.1, 0.15) is 0 Å². The van der Waals surface area contributed by atoms with Crippen molar-refractivity contribution in [2.45, 2.75) is 6.42 Å². The van der Waals surface area contributed by atoms with Crippen molar-refractivity contribution in [1.29, 1.82) is 0 Å². The van der Waals surface area contributed by atoms with E-state index in [2.05, 4.69) is 9.88 Å². The van der Waals surface area contributed by atoms with Gasteiger partial charge in [-0.3, -0.25) is 14.5 Å². The van der Waals surface area contributed by atoms with Gasteiger partial charge in [0, 0.05) is 28.3 Å². The fourth-order valence-corrected chi connectivity index (χ4v) is 4.77. The number of anilines is 1. The molecule has 1 aromatic heterocycles. The Labute approximate surface area is 214 Å². The second-order valence-electron chi connectivity index (χ2n) is 7.99. The average molecular weight is 514 g/mol. The minimum atomic E-state index is -0.141. The minimum absolute atomic E-state index is 0. The largest absolute Gasteiger partial charge is 0.309 e. The number of benzene rings is 3. The molecule has 8 heteroatoms. The van der Waals surface area contributed by atoms with Crippen LogP contribution in [0.1, 0.15) is 32.7 Å². The van der Waals surface area contributed by atoms with Crippen LogP contribution >= 0.6 is 35.3 Å². The van der Waals surface area contributed by atoms with Gasteiger partial charge < -0.3 is 4.90 Å². The van der Waals surface area contributed by atoms with Gasteiger partial charge in [0.2, 0.25) is 0 Å². The smallest absolute Gasteiger partial charge is 0.260 e. The lowest BCUT2D eigenvalue weighted by Gasteiger charge is -2.21. The molecule has 0 saturated carbocycles. The van der Waals surface area contributed by atoms with E-state index in [0.717, 1.165) is 23.2 Å². The molecule has 0 atom stereocenters. The average Bonchev–Trinajstić information content (AvgIpc) is 3.24. The maximum Gasteiger partial charge on any atom is 0.260 e. The number of carbonyl (C=O) groups excluding carboxylic acids is 2. The van der Waals surface area contributed by atoms with Crippen molar-refractivity contribution in [3.8, 4) is 0 Å². The highest BCUT2D eigenvalue weighted by Crippen LogP contribution is 2.31. The van der Waals surface area contributed by atoms with Gasteiger partial charge in [-0.15, -0.1) is 12.4 Å². The molecule has 0 aliphatic heterocycles. The number of aromatic nitrogens is 1. The molecule has 0 saturated heterocycles. The van der Waals surface area contributed by atoms with E-state index in [9.17, 15) is 9.59 Å². The first-order valence-electron chi connectivity index (χ1n) is 10.6. The lowest BCUT2D eigenvalue weighted by atomic mass is 10.0. The van der Waals surface area contributed by atoms with E-state index >= 15 is 0 Å². The molecule has 0 fully saturated rings. The van der Waals surface area contributed by atoms with Crippen molar-refractivity contribution in [1.82, 2.24) is 9.88 Å². The summed E-state index contributed by atoms with van der Waals surface area (Å²) in [6.07, 6.45) is 0.806. The van der Waals surface area contributed by atoms with Crippen LogP contribution in [0.3, 0.4) is 0 Å². The maximum atomic E-state index is 13.5. The minimum Gasteiger partial charge on any atom is -0.309 e. The second-order valence-corrected chi connectivity index (χ2v) is 9.44. The SMILES string of the molecule is CN(C)CCCN(C(=O)c1ccc(C(=O)c2ccccc2)cc1)c1nc2ccc(Cl)cc2s1.Cl. The van der Waals surface area contributed by atoms with E-state index in [-0.39, 0.29) is 24.1 Å². The molecule has 0 N–H and O–H groups in total. The monoisotopic (exact) mass is 513 g/mol. The Balaban J connectivity index is 0.00000324. The van der Waals surface area contributed by atoms with Crippen molar-refractivity contribution in [3.05, 3.63) is 94.5 Å². The zero-order valence-corrected chi connectivity index (χ0v) is 21.3. The van der Waals surface area contributed by atoms with E-state index in [0.29, 0.717) is 33.4 Å². The highest BCUT2D eigenvalue weighted by atomic mass is 35.5. The number of ketones is 1. The molecule has 5 nitrogen and oxygen atoms in total. The number of fused-ring (bicyclic) bond motifs is 1. The summed E-state index contributed by atoms with van der Waals surface area (Å²) >= 11 is 7.58. The van der Waals surface area contributed by atoms with Crippen LogP contribution in [0.25, 0.3) is 10.2 Å². The highest BCUT2D eigenvalue weighted by Gasteiger charge is 2.22. The van der Waals surface area contributed by atoms with E-state index in [1.807, 2.05) is 44.4 Å². The van der Waals surface area contributed by atoms with Gasteiger partial charge in [0.15, 0.2) is 10.9 Å². The summed E-state index contributed by atoms with van der Waals surface area (Å²) in [5.74, 6) is -0.210. The van der Waals surface area contributed by atoms with E-state index < -0.39 is 0 Å². The van der Waals surface area contributed by atoms with Crippen molar-refractivity contribution in [3.63, 3.8) is 0 Å². The van der Waals surface area contributed by atoms with Gasteiger partial charge in [-0.1, -0.05) is 65.4 Å². The molecule has 1 amide bonds. The lowest BCUT2D eigenvalue weighted by molar-refractivity contribution is 0.0983. The molecular formula is C26H25Cl2N3O2S. The number of amides is 1. The number of thiazole rings is 1. The fourth-order valence-electron chi connectivity index (χ4n) is 3.51. The summed E-state index contributed by atoms with van der Waals surface area (Å²) in [5.41, 5.74) is 2.50. The molecule has 0 aliphatic carbocycles. The van der Waals surface area contributed by atoms with Crippen LogP contribution in [0.15, 0.2) is 72.8 Å². The Kier molecular flexibility index (Phi) is 8.80. The Morgan fingerprint density at radius 1 is 0.882 bits per heavy atom. The first kappa shape index (κ1) is 25.8. The molecule has 0 spiro atoms. The molecule has 4 rings (SSSR count). The predicted octanol–water partition coefficient (Wildman–Crippen LogP) is 6.20. The van der Waals surface area contributed by atoms with Gasteiger partial charge in [0.25, 0.3) is 5.91 Å². The van der Waals surface area contributed by atoms with Gasteiger partial charge in [-0.2, -0.15) is 0 Å². The summed E-state index contributed by atoms with van der Waals surface area (Å²) < 4.78 is 0.937. The van der Waals surface area contributed by atoms with Crippen LogP contribution in [0.5, 0.6) is 0 Å². The van der Waals surface area contributed by atoms with Gasteiger partial charge in [0.05, 0.1) is 10.2 Å². The molecule has 3 aromatic carbocycles. The second kappa shape index (κ2) is 11.6. The van der Waals surface area contributed by atoms with Crippen LogP contribution in [0.2, 0.25) is 5.02 Å².